The summed E-state index contributed by atoms with van der Waals surface area (Å²) in [5, 5.41) is 17.8. The predicted octanol–water partition coefficient (Wildman–Crippen LogP) is -2.73. The molecule has 0 aromatic heterocycles. The average Bonchev–Trinajstić information content (AvgIpc) is 1.60. The SMILES string of the molecule is CC(=O)[O-].CC(=O)[O-].[O]=[U+2]=[O].[Zn+2]. The van der Waals surface area contributed by atoms with Crippen molar-refractivity contribution in [2.45, 2.75) is 13.8 Å². The summed E-state index contributed by atoms with van der Waals surface area (Å²) in [6.45, 7) is 1.94. The smallest absolute Gasteiger partial charge is 2.00 e. The van der Waals surface area contributed by atoms with Gasteiger partial charge in [-0.2, -0.15) is 0 Å². The molecule has 0 aliphatic rings. The van der Waals surface area contributed by atoms with Gasteiger partial charge in [0.1, 0.15) is 0 Å². The van der Waals surface area contributed by atoms with E-state index in [9.17, 15) is 0 Å². The van der Waals surface area contributed by atoms with Crippen LogP contribution >= 0.6 is 0 Å². The van der Waals surface area contributed by atoms with Crippen molar-refractivity contribution in [3.63, 3.8) is 0 Å². The number of hydrogen-bond donors (Lipinski definition) is 0. The normalized spacial score (nSPS) is 4.83. The fraction of sp³-hybridized carbons (Fsp3) is 0.500. The molecule has 0 spiro atoms. The van der Waals surface area contributed by atoms with Gasteiger partial charge in [-0.25, -0.2) is 0 Å². The zero-order chi connectivity index (χ0) is 9.86. The zero-order valence-electron chi connectivity index (χ0n) is 6.66. The molecule has 0 bridgehead atoms. The summed E-state index contributed by atoms with van der Waals surface area (Å²) in [6, 6.07) is 0. The van der Waals surface area contributed by atoms with Crippen LogP contribution in [0.5, 0.6) is 0 Å². The number of rotatable bonds is 0. The molecular formula is C4H6O6UZn+2. The molecule has 12 heavy (non-hydrogen) atoms. The summed E-state index contributed by atoms with van der Waals surface area (Å²) in [6.07, 6.45) is 0. The van der Waals surface area contributed by atoms with E-state index in [1.165, 1.54) is 0 Å². The third-order valence-corrected chi connectivity index (χ3v) is 0. The van der Waals surface area contributed by atoms with Gasteiger partial charge in [0.05, 0.1) is 0 Å². The Morgan fingerprint density at radius 1 is 1.00 bits per heavy atom. The van der Waals surface area contributed by atoms with E-state index in [1.807, 2.05) is 0 Å². The molecule has 0 saturated heterocycles. The topological polar surface area (TPSA) is 114 Å². The van der Waals surface area contributed by atoms with Crippen LogP contribution in [-0.2, 0) is 33.5 Å². The number of hydrogen-bond acceptors (Lipinski definition) is 6. The van der Waals surface area contributed by atoms with Crippen molar-refractivity contribution in [2.24, 2.45) is 0 Å². The summed E-state index contributed by atoms with van der Waals surface area (Å²) in [5.74, 6) is -2.17. The minimum absolute atomic E-state index is 0. The number of carbonyl (C=O) groups excluding carboxylic acids is 2. The molecule has 62 valence electrons. The van der Waals surface area contributed by atoms with E-state index < -0.39 is 39.8 Å². The fourth-order valence-corrected chi connectivity index (χ4v) is 0. The average molecular weight is 454 g/mol. The van der Waals surface area contributed by atoms with E-state index in [0.29, 0.717) is 0 Å². The van der Waals surface area contributed by atoms with Gasteiger partial charge in [-0.1, -0.05) is 0 Å². The van der Waals surface area contributed by atoms with Crippen LogP contribution in [-0.4, -0.2) is 11.9 Å². The van der Waals surface area contributed by atoms with E-state index in [-0.39, 0.29) is 19.5 Å². The Hall–Kier alpha value is 0.215. The molecule has 0 heterocycles. The van der Waals surface area contributed by atoms with Crippen LogP contribution in [0, 0.1) is 27.8 Å². The Morgan fingerprint density at radius 2 is 1.00 bits per heavy atom. The van der Waals surface area contributed by atoms with Crippen LogP contribution in [0.1, 0.15) is 13.8 Å². The van der Waals surface area contributed by atoms with E-state index >= 15 is 0 Å². The van der Waals surface area contributed by atoms with Gasteiger partial charge < -0.3 is 19.8 Å². The maximum Gasteiger partial charge on any atom is 2.00 e. The molecule has 0 aliphatic carbocycles. The van der Waals surface area contributed by atoms with Crippen molar-refractivity contribution in [3.8, 4) is 0 Å². The Balaban J connectivity index is -0.0000000389. The maximum atomic E-state index is 8.89. The second-order valence-corrected chi connectivity index (χ2v) is 1.76. The molecule has 0 amide bonds. The predicted molar refractivity (Wildman–Crippen MR) is 22.7 cm³/mol. The number of carbonyl (C=O) groups is 2. The summed E-state index contributed by atoms with van der Waals surface area (Å²) >= 11 is -2.51. The number of carboxylic acids is 2. The summed E-state index contributed by atoms with van der Waals surface area (Å²) in [4.78, 5) is 17.8. The molecular weight excluding hydrogens is 447 g/mol. The molecule has 8 heteroatoms. The van der Waals surface area contributed by atoms with Crippen LogP contribution in [0.25, 0.3) is 0 Å². The van der Waals surface area contributed by atoms with Crippen molar-refractivity contribution in [1.82, 2.24) is 0 Å². The van der Waals surface area contributed by atoms with Crippen molar-refractivity contribution in [1.29, 1.82) is 0 Å². The van der Waals surface area contributed by atoms with Gasteiger partial charge in [-0.3, -0.25) is 0 Å². The molecule has 0 rings (SSSR count). The molecule has 0 aliphatic heterocycles. The van der Waals surface area contributed by atoms with Gasteiger partial charge in [0.25, 0.3) is 0 Å². The molecule has 0 aromatic rings. The van der Waals surface area contributed by atoms with Crippen molar-refractivity contribution < 1.29 is 71.6 Å². The summed E-state index contributed by atoms with van der Waals surface area (Å²) in [7, 11) is 0. The Kier molecular flexibility index (Phi) is 42.6. The van der Waals surface area contributed by atoms with Crippen LogP contribution in [0.15, 0.2) is 0 Å². The molecule has 0 unspecified atom stereocenters. The third-order valence-electron chi connectivity index (χ3n) is 0. The third kappa shape index (κ3) is 18700. The summed E-state index contributed by atoms with van der Waals surface area (Å²) in [5.41, 5.74) is 0. The first-order valence-corrected chi connectivity index (χ1v) is 5.62. The first-order chi connectivity index (χ1) is 4.88. The van der Waals surface area contributed by atoms with Gasteiger partial charge in [-0.05, 0) is 13.8 Å². The fourth-order valence-electron chi connectivity index (χ4n) is 0. The Labute approximate surface area is 96.7 Å². The Morgan fingerprint density at radius 3 is 1.00 bits per heavy atom. The van der Waals surface area contributed by atoms with Crippen LogP contribution < -0.4 is 10.2 Å². The van der Waals surface area contributed by atoms with Gasteiger partial charge in [-0.15, -0.1) is 0 Å². The standard InChI is InChI=1S/2C2H4O2.2O.U.Zn/c2*1-2(3)4;;;;/h2*1H3,(H,3,4);;;;/q;;;;2*+2/p-2. The quantitative estimate of drug-likeness (QED) is 0.368. The summed E-state index contributed by atoms with van der Waals surface area (Å²) < 4.78 is 17.2. The van der Waals surface area contributed by atoms with E-state index in [1.54, 1.807) is 0 Å². The van der Waals surface area contributed by atoms with Crippen molar-refractivity contribution in [3.05, 3.63) is 0 Å². The van der Waals surface area contributed by atoms with Crippen LogP contribution in [0.4, 0.5) is 0 Å². The molecule has 0 fully saturated rings. The first kappa shape index (κ1) is 22.8. The van der Waals surface area contributed by atoms with Crippen molar-refractivity contribution in [2.75, 3.05) is 0 Å². The minimum atomic E-state index is -2.51. The van der Waals surface area contributed by atoms with E-state index in [2.05, 4.69) is 0 Å². The maximum absolute atomic E-state index is 8.89. The number of carboxylic acid groups (broad SMARTS) is 2. The van der Waals surface area contributed by atoms with E-state index in [4.69, 9.17) is 24.3 Å². The Bertz CT molecular complexity index is 132. The zero-order valence-corrected chi connectivity index (χ0v) is 13.8. The van der Waals surface area contributed by atoms with Crippen LogP contribution in [0.3, 0.4) is 0 Å². The van der Waals surface area contributed by atoms with Gasteiger partial charge in [0, 0.05) is 11.9 Å². The van der Waals surface area contributed by atoms with Crippen LogP contribution in [0.2, 0.25) is 0 Å². The minimum Gasteiger partial charge on any atom is 2.00 e. The largest absolute Gasteiger partial charge is 2.00 e. The molecule has 0 saturated carbocycles. The van der Waals surface area contributed by atoms with Gasteiger partial charge in [0.2, 0.25) is 0 Å². The van der Waals surface area contributed by atoms with Gasteiger partial charge in [0.15, 0.2) is 0 Å². The molecule has 0 aromatic carbocycles. The second kappa shape index (κ2) is 22.5. The molecule has 0 N–H and O–H groups in total. The second-order valence-electron chi connectivity index (χ2n) is 1.07. The van der Waals surface area contributed by atoms with Gasteiger partial charge >= 0.3 is 51.8 Å². The molecule has 6 nitrogen and oxygen atoms in total. The van der Waals surface area contributed by atoms with Crippen molar-refractivity contribution >= 4 is 11.9 Å². The monoisotopic (exact) mass is 452 g/mol. The molecule has 0 atom stereocenters. The first-order valence-electron chi connectivity index (χ1n) is 2.22. The number of aliphatic carboxylic acids is 2. The van der Waals surface area contributed by atoms with E-state index in [0.717, 1.165) is 13.8 Å². The molecule has 0 radical (unpaired) electrons.